The fourth-order valence-corrected chi connectivity index (χ4v) is 2.44. The van der Waals surface area contributed by atoms with E-state index in [9.17, 15) is 4.79 Å². The molecule has 0 aromatic heterocycles. The maximum Gasteiger partial charge on any atom is 0.231 e. The highest BCUT2D eigenvalue weighted by Crippen LogP contribution is 2.29. The number of carbonyl (C=O) groups excluding carboxylic acids is 1. The maximum atomic E-state index is 12.4. The zero-order chi connectivity index (χ0) is 12.3. The standard InChI is InChI=1S/C14H20N2O/c1-3-11(10-15-2)14(17)16-9-8-12-6-4-5-7-13(12)16/h4-7,11,15H,3,8-10H2,1-2H3. The Bertz CT molecular complexity index is 403. The van der Waals surface area contributed by atoms with E-state index in [0.717, 1.165) is 31.6 Å². The summed E-state index contributed by atoms with van der Waals surface area (Å²) in [6, 6.07) is 8.20. The van der Waals surface area contributed by atoms with Crippen molar-refractivity contribution in [3.05, 3.63) is 29.8 Å². The number of carbonyl (C=O) groups is 1. The first kappa shape index (κ1) is 12.1. The van der Waals surface area contributed by atoms with Gasteiger partial charge in [-0.25, -0.2) is 0 Å². The second kappa shape index (κ2) is 5.32. The predicted octanol–water partition coefficient (Wildman–Crippen LogP) is 1.82. The largest absolute Gasteiger partial charge is 0.319 e. The van der Waals surface area contributed by atoms with Gasteiger partial charge >= 0.3 is 0 Å². The topological polar surface area (TPSA) is 32.3 Å². The third-order valence-electron chi connectivity index (χ3n) is 3.45. The number of para-hydroxylation sites is 1. The van der Waals surface area contributed by atoms with Gasteiger partial charge in [0.25, 0.3) is 0 Å². The lowest BCUT2D eigenvalue weighted by Gasteiger charge is -2.23. The van der Waals surface area contributed by atoms with Crippen LogP contribution in [0.4, 0.5) is 5.69 Å². The van der Waals surface area contributed by atoms with E-state index >= 15 is 0 Å². The van der Waals surface area contributed by atoms with Crippen molar-refractivity contribution in [3.63, 3.8) is 0 Å². The number of benzene rings is 1. The molecule has 1 aromatic rings. The Morgan fingerprint density at radius 3 is 2.94 bits per heavy atom. The molecule has 17 heavy (non-hydrogen) atoms. The fraction of sp³-hybridized carbons (Fsp3) is 0.500. The van der Waals surface area contributed by atoms with Crippen LogP contribution < -0.4 is 10.2 Å². The number of hydrogen-bond donors (Lipinski definition) is 1. The second-order valence-electron chi connectivity index (χ2n) is 4.53. The summed E-state index contributed by atoms with van der Waals surface area (Å²) < 4.78 is 0. The number of anilines is 1. The zero-order valence-corrected chi connectivity index (χ0v) is 10.6. The van der Waals surface area contributed by atoms with E-state index in [1.165, 1.54) is 5.56 Å². The molecule has 1 aliphatic rings. The quantitative estimate of drug-likeness (QED) is 0.859. The minimum Gasteiger partial charge on any atom is -0.319 e. The lowest BCUT2D eigenvalue weighted by Crippen LogP contribution is -2.38. The van der Waals surface area contributed by atoms with E-state index in [1.54, 1.807) is 0 Å². The Labute approximate surface area is 103 Å². The Morgan fingerprint density at radius 1 is 1.47 bits per heavy atom. The average molecular weight is 232 g/mol. The molecule has 1 aliphatic heterocycles. The van der Waals surface area contributed by atoms with Gasteiger partial charge in [0.15, 0.2) is 0 Å². The number of amides is 1. The van der Waals surface area contributed by atoms with Crippen LogP contribution in [-0.2, 0) is 11.2 Å². The monoisotopic (exact) mass is 232 g/mol. The van der Waals surface area contributed by atoms with Gasteiger partial charge in [0.2, 0.25) is 5.91 Å². The minimum absolute atomic E-state index is 0.0890. The van der Waals surface area contributed by atoms with Crippen LogP contribution in [0.15, 0.2) is 24.3 Å². The molecule has 0 saturated heterocycles. The molecule has 3 heteroatoms. The van der Waals surface area contributed by atoms with Gasteiger partial charge in [-0.15, -0.1) is 0 Å². The molecule has 1 heterocycles. The summed E-state index contributed by atoms with van der Waals surface area (Å²) in [5.74, 6) is 0.345. The smallest absolute Gasteiger partial charge is 0.231 e. The highest BCUT2D eigenvalue weighted by Gasteiger charge is 2.28. The Hall–Kier alpha value is -1.35. The van der Waals surface area contributed by atoms with Crippen LogP contribution in [0, 0.1) is 5.92 Å². The molecule has 0 bridgehead atoms. The first-order chi connectivity index (χ1) is 8.27. The molecule has 3 nitrogen and oxygen atoms in total. The van der Waals surface area contributed by atoms with Crippen molar-refractivity contribution in [2.45, 2.75) is 19.8 Å². The van der Waals surface area contributed by atoms with Gasteiger partial charge in [0, 0.05) is 18.8 Å². The predicted molar refractivity (Wildman–Crippen MR) is 70.2 cm³/mol. The van der Waals surface area contributed by atoms with Crippen molar-refractivity contribution in [2.75, 3.05) is 25.0 Å². The van der Waals surface area contributed by atoms with Crippen LogP contribution in [0.25, 0.3) is 0 Å². The third kappa shape index (κ3) is 2.34. The molecule has 1 atom stereocenters. The summed E-state index contributed by atoms with van der Waals surface area (Å²) in [7, 11) is 1.90. The van der Waals surface area contributed by atoms with E-state index in [1.807, 2.05) is 30.1 Å². The molecule has 0 spiro atoms. The van der Waals surface area contributed by atoms with Crippen LogP contribution in [0.2, 0.25) is 0 Å². The number of hydrogen-bond acceptors (Lipinski definition) is 2. The first-order valence-electron chi connectivity index (χ1n) is 6.31. The molecule has 2 rings (SSSR count). The van der Waals surface area contributed by atoms with Crippen molar-refractivity contribution in [1.29, 1.82) is 0 Å². The number of fused-ring (bicyclic) bond motifs is 1. The van der Waals surface area contributed by atoms with Crippen molar-refractivity contribution < 1.29 is 4.79 Å². The molecule has 1 aromatic carbocycles. The van der Waals surface area contributed by atoms with Crippen molar-refractivity contribution in [2.24, 2.45) is 5.92 Å². The van der Waals surface area contributed by atoms with Crippen molar-refractivity contribution in [1.82, 2.24) is 5.32 Å². The van der Waals surface area contributed by atoms with Crippen LogP contribution in [0.1, 0.15) is 18.9 Å². The third-order valence-corrected chi connectivity index (χ3v) is 3.45. The molecule has 1 N–H and O–H groups in total. The summed E-state index contributed by atoms with van der Waals surface area (Å²) >= 11 is 0. The Kier molecular flexibility index (Phi) is 3.79. The normalized spacial score (nSPS) is 15.8. The van der Waals surface area contributed by atoms with E-state index in [4.69, 9.17) is 0 Å². The van der Waals surface area contributed by atoms with Crippen molar-refractivity contribution >= 4 is 11.6 Å². The maximum absolute atomic E-state index is 12.4. The summed E-state index contributed by atoms with van der Waals surface area (Å²) in [6.45, 7) is 3.66. The van der Waals surface area contributed by atoms with Crippen LogP contribution in [0.3, 0.4) is 0 Å². The molecule has 92 valence electrons. The van der Waals surface area contributed by atoms with Gasteiger partial charge in [-0.2, -0.15) is 0 Å². The summed E-state index contributed by atoms with van der Waals surface area (Å²) in [4.78, 5) is 14.4. The van der Waals surface area contributed by atoms with Crippen LogP contribution in [0.5, 0.6) is 0 Å². The van der Waals surface area contributed by atoms with Crippen LogP contribution in [-0.4, -0.2) is 26.0 Å². The SMILES string of the molecule is CCC(CNC)C(=O)N1CCc2ccccc21. The Morgan fingerprint density at radius 2 is 2.24 bits per heavy atom. The van der Waals surface area contributed by atoms with Gasteiger partial charge in [-0.05, 0) is 31.5 Å². The highest BCUT2D eigenvalue weighted by molar-refractivity contribution is 5.97. The number of nitrogens with zero attached hydrogens (tertiary/aromatic N) is 1. The first-order valence-corrected chi connectivity index (χ1v) is 6.31. The fourth-order valence-electron chi connectivity index (χ4n) is 2.44. The van der Waals surface area contributed by atoms with E-state index in [2.05, 4.69) is 18.3 Å². The summed E-state index contributed by atoms with van der Waals surface area (Å²) in [5, 5.41) is 3.10. The van der Waals surface area contributed by atoms with Gasteiger partial charge < -0.3 is 10.2 Å². The van der Waals surface area contributed by atoms with Gasteiger partial charge in [-0.3, -0.25) is 4.79 Å². The van der Waals surface area contributed by atoms with Gasteiger partial charge in [0.05, 0.1) is 5.92 Å². The summed E-state index contributed by atoms with van der Waals surface area (Å²) in [5.41, 5.74) is 2.40. The summed E-state index contributed by atoms with van der Waals surface area (Å²) in [6.07, 6.45) is 1.87. The second-order valence-corrected chi connectivity index (χ2v) is 4.53. The molecule has 0 aliphatic carbocycles. The van der Waals surface area contributed by atoms with E-state index in [0.29, 0.717) is 0 Å². The Balaban J connectivity index is 2.16. The zero-order valence-electron chi connectivity index (χ0n) is 10.6. The number of rotatable bonds is 4. The van der Waals surface area contributed by atoms with Crippen molar-refractivity contribution in [3.8, 4) is 0 Å². The molecule has 1 unspecified atom stereocenters. The molecule has 0 fully saturated rings. The average Bonchev–Trinajstić information content (AvgIpc) is 2.79. The molecular weight excluding hydrogens is 212 g/mol. The van der Waals surface area contributed by atoms with Gasteiger partial charge in [0.1, 0.15) is 0 Å². The number of nitrogens with one attached hydrogen (secondary N) is 1. The van der Waals surface area contributed by atoms with Gasteiger partial charge in [-0.1, -0.05) is 25.1 Å². The highest BCUT2D eigenvalue weighted by atomic mass is 16.2. The van der Waals surface area contributed by atoms with Crippen LogP contribution >= 0.6 is 0 Å². The van der Waals surface area contributed by atoms with E-state index < -0.39 is 0 Å². The molecule has 1 amide bonds. The molecular formula is C14H20N2O. The lowest BCUT2D eigenvalue weighted by molar-refractivity contribution is -0.122. The van der Waals surface area contributed by atoms with E-state index in [-0.39, 0.29) is 11.8 Å². The molecule has 0 saturated carbocycles. The molecule has 0 radical (unpaired) electrons. The minimum atomic E-state index is 0.0890. The lowest BCUT2D eigenvalue weighted by atomic mass is 10.0.